The van der Waals surface area contributed by atoms with E-state index < -0.39 is 0 Å². The summed E-state index contributed by atoms with van der Waals surface area (Å²) in [4.78, 5) is 4.52. The molecule has 2 heterocycles. The molecule has 2 aromatic heterocycles. The Bertz CT molecular complexity index is 576. The van der Waals surface area contributed by atoms with E-state index in [0.29, 0.717) is 0 Å². The zero-order valence-corrected chi connectivity index (χ0v) is 9.03. The van der Waals surface area contributed by atoms with Gasteiger partial charge >= 0.3 is 0 Å². The molecule has 0 N–H and O–H groups in total. The van der Waals surface area contributed by atoms with Crippen LogP contribution in [-0.4, -0.2) is 14.8 Å². The number of hydrogen-bond acceptors (Lipinski definition) is 3. The molecule has 0 atom stereocenters. The molecule has 0 aliphatic rings. The number of aryl methyl sites for hydroxylation is 1. The number of para-hydroxylation sites is 1. The summed E-state index contributed by atoms with van der Waals surface area (Å²) in [7, 11) is 0. The maximum Gasteiger partial charge on any atom is 0.211 e. The van der Waals surface area contributed by atoms with Crippen LogP contribution < -0.4 is 0 Å². The highest BCUT2D eigenvalue weighted by atomic mass is 32.1. The Morgan fingerprint density at radius 1 is 1.27 bits per heavy atom. The molecule has 0 amide bonds. The minimum Gasteiger partial charge on any atom is -0.218 e. The molecule has 15 heavy (non-hydrogen) atoms. The minimum atomic E-state index is 0.921. The normalized spacial score (nSPS) is 11.0. The molecule has 3 aromatic rings. The molecule has 3 rings (SSSR count). The van der Waals surface area contributed by atoms with Crippen molar-refractivity contribution in [2.75, 3.05) is 0 Å². The first-order valence-electron chi connectivity index (χ1n) is 4.70. The van der Waals surface area contributed by atoms with E-state index in [-0.39, 0.29) is 0 Å². The molecule has 74 valence electrons. The average molecular weight is 215 g/mol. The van der Waals surface area contributed by atoms with E-state index in [1.165, 1.54) is 4.70 Å². The summed E-state index contributed by atoms with van der Waals surface area (Å²) in [6.07, 6.45) is 3.82. The van der Waals surface area contributed by atoms with Crippen LogP contribution in [0.25, 0.3) is 15.3 Å². The topological polar surface area (TPSA) is 30.7 Å². The number of benzene rings is 1. The molecule has 0 spiro atoms. The van der Waals surface area contributed by atoms with E-state index in [4.69, 9.17) is 0 Å². The molecule has 4 heteroatoms. The monoisotopic (exact) mass is 215 g/mol. The Hall–Kier alpha value is -1.68. The summed E-state index contributed by atoms with van der Waals surface area (Å²) < 4.78 is 3.01. The number of hydrogen-bond donors (Lipinski definition) is 0. The van der Waals surface area contributed by atoms with Gasteiger partial charge in [0.25, 0.3) is 0 Å². The summed E-state index contributed by atoms with van der Waals surface area (Å²) in [6.45, 7) is 2.02. The second-order valence-electron chi connectivity index (χ2n) is 3.43. The molecule has 3 nitrogen and oxygen atoms in total. The molecule has 0 fully saturated rings. The Morgan fingerprint density at radius 3 is 2.87 bits per heavy atom. The molecule has 0 radical (unpaired) electrons. The minimum absolute atomic E-state index is 0.921. The van der Waals surface area contributed by atoms with Gasteiger partial charge in [0.05, 0.1) is 16.4 Å². The highest BCUT2D eigenvalue weighted by Gasteiger charge is 2.05. The lowest BCUT2D eigenvalue weighted by Gasteiger charge is -1.90. The predicted octanol–water partition coefficient (Wildman–Crippen LogP) is 2.79. The lowest BCUT2D eigenvalue weighted by molar-refractivity contribution is 0.872. The van der Waals surface area contributed by atoms with Crippen molar-refractivity contribution in [3.05, 3.63) is 42.2 Å². The number of rotatable bonds is 1. The van der Waals surface area contributed by atoms with Crippen molar-refractivity contribution in [3.63, 3.8) is 0 Å². The predicted molar refractivity (Wildman–Crippen MR) is 61.5 cm³/mol. The molecule has 0 saturated heterocycles. The van der Waals surface area contributed by atoms with Crippen LogP contribution in [0.5, 0.6) is 0 Å². The number of thiazole rings is 1. The Labute approximate surface area is 91.0 Å². The second-order valence-corrected chi connectivity index (χ2v) is 4.44. The molecular formula is C11H9N3S. The third kappa shape index (κ3) is 1.43. The second kappa shape index (κ2) is 3.17. The van der Waals surface area contributed by atoms with E-state index >= 15 is 0 Å². The van der Waals surface area contributed by atoms with E-state index in [2.05, 4.69) is 16.1 Å². The standard InChI is InChI=1S/C11H9N3S/c1-8-6-12-14(7-8)11-13-9-4-2-3-5-10(9)15-11/h2-7H,1H3. The molecule has 0 unspecified atom stereocenters. The molecular weight excluding hydrogens is 206 g/mol. The van der Waals surface area contributed by atoms with Gasteiger partial charge in [0, 0.05) is 6.20 Å². The van der Waals surface area contributed by atoms with Gasteiger partial charge in [0.2, 0.25) is 5.13 Å². The molecule has 0 saturated carbocycles. The Morgan fingerprint density at radius 2 is 2.13 bits per heavy atom. The first-order chi connectivity index (χ1) is 7.33. The fourth-order valence-electron chi connectivity index (χ4n) is 1.48. The fourth-order valence-corrected chi connectivity index (χ4v) is 2.37. The first kappa shape index (κ1) is 8.61. The lowest BCUT2D eigenvalue weighted by atomic mass is 10.3. The van der Waals surface area contributed by atoms with E-state index in [0.717, 1.165) is 16.2 Å². The average Bonchev–Trinajstić information content (AvgIpc) is 2.82. The summed E-state index contributed by atoms with van der Waals surface area (Å²) in [5, 5.41) is 5.17. The third-order valence-corrected chi connectivity index (χ3v) is 3.22. The van der Waals surface area contributed by atoms with Gasteiger partial charge in [0.15, 0.2) is 0 Å². The summed E-state index contributed by atoms with van der Waals surface area (Å²) >= 11 is 1.65. The summed E-state index contributed by atoms with van der Waals surface area (Å²) in [5.41, 5.74) is 2.18. The van der Waals surface area contributed by atoms with Crippen LogP contribution in [0.2, 0.25) is 0 Å². The maximum atomic E-state index is 4.52. The van der Waals surface area contributed by atoms with Crippen LogP contribution in [0.3, 0.4) is 0 Å². The van der Waals surface area contributed by atoms with E-state index in [9.17, 15) is 0 Å². The SMILES string of the molecule is Cc1cnn(-c2nc3ccccc3s2)c1. The smallest absolute Gasteiger partial charge is 0.211 e. The van der Waals surface area contributed by atoms with Crippen molar-refractivity contribution in [1.82, 2.24) is 14.8 Å². The quantitative estimate of drug-likeness (QED) is 0.625. The number of fused-ring (bicyclic) bond motifs is 1. The number of nitrogens with zero attached hydrogens (tertiary/aromatic N) is 3. The maximum absolute atomic E-state index is 4.52. The van der Waals surface area contributed by atoms with Crippen LogP contribution in [0.1, 0.15) is 5.56 Å². The first-order valence-corrected chi connectivity index (χ1v) is 5.52. The summed E-state index contributed by atoms with van der Waals surface area (Å²) in [6, 6.07) is 8.12. The molecule has 0 bridgehead atoms. The van der Waals surface area contributed by atoms with Crippen LogP contribution in [-0.2, 0) is 0 Å². The van der Waals surface area contributed by atoms with E-state index in [1.54, 1.807) is 11.3 Å². The van der Waals surface area contributed by atoms with Gasteiger partial charge in [-0.05, 0) is 24.6 Å². The third-order valence-electron chi connectivity index (χ3n) is 2.19. The van der Waals surface area contributed by atoms with Crippen molar-refractivity contribution in [3.8, 4) is 5.13 Å². The van der Waals surface area contributed by atoms with Gasteiger partial charge in [-0.2, -0.15) is 5.10 Å². The van der Waals surface area contributed by atoms with Crippen molar-refractivity contribution in [2.45, 2.75) is 6.92 Å². The van der Waals surface area contributed by atoms with Crippen LogP contribution in [0, 0.1) is 6.92 Å². The highest BCUT2D eigenvalue weighted by molar-refractivity contribution is 7.20. The summed E-state index contributed by atoms with van der Waals surface area (Å²) in [5.74, 6) is 0. The van der Waals surface area contributed by atoms with Gasteiger partial charge in [-0.15, -0.1) is 0 Å². The fraction of sp³-hybridized carbons (Fsp3) is 0.0909. The largest absolute Gasteiger partial charge is 0.218 e. The van der Waals surface area contributed by atoms with Crippen molar-refractivity contribution in [1.29, 1.82) is 0 Å². The van der Waals surface area contributed by atoms with Crippen LogP contribution in [0.4, 0.5) is 0 Å². The van der Waals surface area contributed by atoms with Gasteiger partial charge in [0.1, 0.15) is 0 Å². The van der Waals surface area contributed by atoms with Crippen molar-refractivity contribution >= 4 is 21.6 Å². The highest BCUT2D eigenvalue weighted by Crippen LogP contribution is 2.23. The molecule has 1 aromatic carbocycles. The van der Waals surface area contributed by atoms with Gasteiger partial charge in [-0.3, -0.25) is 0 Å². The zero-order valence-electron chi connectivity index (χ0n) is 8.21. The lowest BCUT2D eigenvalue weighted by Crippen LogP contribution is -1.91. The van der Waals surface area contributed by atoms with Gasteiger partial charge in [-0.1, -0.05) is 23.5 Å². The van der Waals surface area contributed by atoms with Crippen molar-refractivity contribution < 1.29 is 0 Å². The van der Waals surface area contributed by atoms with Gasteiger partial charge < -0.3 is 0 Å². The molecule has 0 aliphatic carbocycles. The van der Waals surface area contributed by atoms with Crippen LogP contribution in [0.15, 0.2) is 36.7 Å². The molecule has 0 aliphatic heterocycles. The van der Waals surface area contributed by atoms with Crippen molar-refractivity contribution in [2.24, 2.45) is 0 Å². The zero-order chi connectivity index (χ0) is 10.3. The van der Waals surface area contributed by atoms with E-state index in [1.807, 2.05) is 42.2 Å². The van der Waals surface area contributed by atoms with Gasteiger partial charge in [-0.25, -0.2) is 9.67 Å². The Balaban J connectivity index is 2.19. The van der Waals surface area contributed by atoms with Crippen LogP contribution >= 0.6 is 11.3 Å². The number of aromatic nitrogens is 3. The Kier molecular flexibility index (Phi) is 1.82.